The van der Waals surface area contributed by atoms with Gasteiger partial charge in [0.1, 0.15) is 0 Å². The SMILES string of the molecule is Cc1ccccc1N1CC(C)(C)NCC1c1ccccc1. The van der Waals surface area contributed by atoms with Crippen molar-refractivity contribution < 1.29 is 0 Å². The van der Waals surface area contributed by atoms with Gasteiger partial charge in [-0.3, -0.25) is 0 Å². The average Bonchev–Trinajstić information content (AvgIpc) is 2.48. The van der Waals surface area contributed by atoms with Crippen LogP contribution in [0.3, 0.4) is 0 Å². The predicted octanol–water partition coefficient (Wildman–Crippen LogP) is 3.92. The summed E-state index contributed by atoms with van der Waals surface area (Å²) in [7, 11) is 0. The lowest BCUT2D eigenvalue weighted by atomic mass is 9.93. The molecule has 0 bridgehead atoms. The molecule has 1 unspecified atom stereocenters. The Morgan fingerprint density at radius 1 is 1.00 bits per heavy atom. The highest BCUT2D eigenvalue weighted by Crippen LogP contribution is 2.33. The molecule has 0 spiro atoms. The van der Waals surface area contributed by atoms with Crippen LogP contribution < -0.4 is 10.2 Å². The van der Waals surface area contributed by atoms with Gasteiger partial charge in [-0.15, -0.1) is 0 Å². The molecule has 1 fully saturated rings. The summed E-state index contributed by atoms with van der Waals surface area (Å²) < 4.78 is 0. The quantitative estimate of drug-likeness (QED) is 0.897. The van der Waals surface area contributed by atoms with Gasteiger partial charge in [-0.1, -0.05) is 48.5 Å². The van der Waals surface area contributed by atoms with Crippen LogP contribution in [0, 0.1) is 6.92 Å². The molecule has 3 rings (SSSR count). The summed E-state index contributed by atoms with van der Waals surface area (Å²) in [6.45, 7) is 8.74. The molecule has 110 valence electrons. The lowest BCUT2D eigenvalue weighted by molar-refractivity contribution is 0.312. The Kier molecular flexibility index (Phi) is 3.73. The third-order valence-corrected chi connectivity index (χ3v) is 4.33. The molecular weight excluding hydrogens is 256 g/mol. The maximum absolute atomic E-state index is 3.68. The normalized spacial score (nSPS) is 21.3. The molecule has 21 heavy (non-hydrogen) atoms. The van der Waals surface area contributed by atoms with Gasteiger partial charge in [0.25, 0.3) is 0 Å². The monoisotopic (exact) mass is 280 g/mol. The zero-order valence-electron chi connectivity index (χ0n) is 13.1. The van der Waals surface area contributed by atoms with Crippen molar-refractivity contribution in [3.05, 3.63) is 65.7 Å². The van der Waals surface area contributed by atoms with Gasteiger partial charge in [0.2, 0.25) is 0 Å². The van der Waals surface area contributed by atoms with Crippen LogP contribution in [0.15, 0.2) is 54.6 Å². The van der Waals surface area contributed by atoms with Crippen LogP contribution in [0.4, 0.5) is 5.69 Å². The molecule has 2 aromatic rings. The zero-order valence-corrected chi connectivity index (χ0v) is 13.1. The number of rotatable bonds is 2. The van der Waals surface area contributed by atoms with Gasteiger partial charge >= 0.3 is 0 Å². The van der Waals surface area contributed by atoms with E-state index >= 15 is 0 Å². The van der Waals surface area contributed by atoms with Crippen molar-refractivity contribution >= 4 is 5.69 Å². The van der Waals surface area contributed by atoms with Gasteiger partial charge in [0.15, 0.2) is 0 Å². The van der Waals surface area contributed by atoms with Gasteiger partial charge in [-0.2, -0.15) is 0 Å². The van der Waals surface area contributed by atoms with Crippen LogP contribution in [0.1, 0.15) is 31.0 Å². The number of aryl methyl sites for hydroxylation is 1. The van der Waals surface area contributed by atoms with E-state index in [0.29, 0.717) is 6.04 Å². The second kappa shape index (κ2) is 5.53. The number of anilines is 1. The van der Waals surface area contributed by atoms with Crippen LogP contribution in [0.2, 0.25) is 0 Å². The number of para-hydroxylation sites is 1. The van der Waals surface area contributed by atoms with Crippen LogP contribution in [-0.4, -0.2) is 18.6 Å². The van der Waals surface area contributed by atoms with E-state index in [-0.39, 0.29) is 5.54 Å². The summed E-state index contributed by atoms with van der Waals surface area (Å²) in [5.74, 6) is 0. The summed E-state index contributed by atoms with van der Waals surface area (Å²) in [6, 6.07) is 19.9. The fraction of sp³-hybridized carbons (Fsp3) is 0.368. The standard InChI is InChI=1S/C19H24N2/c1-15-9-7-8-12-17(15)21-14-19(2,3)20-13-18(21)16-10-5-4-6-11-16/h4-12,18,20H,13-14H2,1-3H3. The second-order valence-electron chi connectivity index (χ2n) is 6.61. The molecule has 0 amide bonds. The van der Waals surface area contributed by atoms with Crippen molar-refractivity contribution in [1.82, 2.24) is 5.32 Å². The largest absolute Gasteiger partial charge is 0.361 e. The highest BCUT2D eigenvalue weighted by molar-refractivity contribution is 5.56. The predicted molar refractivity (Wildman–Crippen MR) is 89.8 cm³/mol. The Morgan fingerprint density at radius 2 is 1.67 bits per heavy atom. The number of hydrogen-bond donors (Lipinski definition) is 1. The number of nitrogens with zero attached hydrogens (tertiary/aromatic N) is 1. The Bertz CT molecular complexity index is 604. The summed E-state index contributed by atoms with van der Waals surface area (Å²) in [5, 5.41) is 3.68. The summed E-state index contributed by atoms with van der Waals surface area (Å²) in [5.41, 5.74) is 4.20. The molecule has 1 heterocycles. The van der Waals surface area contributed by atoms with E-state index in [0.717, 1.165) is 13.1 Å². The molecule has 2 nitrogen and oxygen atoms in total. The van der Waals surface area contributed by atoms with E-state index in [1.165, 1.54) is 16.8 Å². The number of piperazine rings is 1. The van der Waals surface area contributed by atoms with Crippen molar-refractivity contribution in [2.45, 2.75) is 32.4 Å². The van der Waals surface area contributed by atoms with Gasteiger partial charge in [-0.05, 0) is 38.0 Å². The minimum atomic E-state index is 0.133. The first-order valence-electron chi connectivity index (χ1n) is 7.69. The molecule has 1 aliphatic rings. The molecule has 2 heteroatoms. The number of hydrogen-bond acceptors (Lipinski definition) is 2. The Morgan fingerprint density at radius 3 is 2.38 bits per heavy atom. The highest BCUT2D eigenvalue weighted by Gasteiger charge is 2.33. The first-order chi connectivity index (χ1) is 10.1. The third kappa shape index (κ3) is 2.96. The van der Waals surface area contributed by atoms with Crippen LogP contribution >= 0.6 is 0 Å². The van der Waals surface area contributed by atoms with Crippen molar-refractivity contribution in [1.29, 1.82) is 0 Å². The maximum atomic E-state index is 3.68. The molecule has 1 aliphatic heterocycles. The minimum absolute atomic E-state index is 0.133. The van der Waals surface area contributed by atoms with Gasteiger partial charge in [-0.25, -0.2) is 0 Å². The summed E-state index contributed by atoms with van der Waals surface area (Å²) in [6.07, 6.45) is 0. The van der Waals surface area contributed by atoms with E-state index in [2.05, 4.69) is 85.6 Å². The van der Waals surface area contributed by atoms with E-state index < -0.39 is 0 Å². The molecule has 1 saturated heterocycles. The van der Waals surface area contributed by atoms with Gasteiger partial charge in [0.05, 0.1) is 6.04 Å². The summed E-state index contributed by atoms with van der Waals surface area (Å²) >= 11 is 0. The average molecular weight is 280 g/mol. The molecule has 0 radical (unpaired) electrons. The van der Waals surface area contributed by atoms with Crippen molar-refractivity contribution in [2.75, 3.05) is 18.0 Å². The first kappa shape index (κ1) is 14.2. The molecular formula is C19H24N2. The zero-order chi connectivity index (χ0) is 14.9. The van der Waals surface area contributed by atoms with Crippen LogP contribution in [0.5, 0.6) is 0 Å². The topological polar surface area (TPSA) is 15.3 Å². The molecule has 1 N–H and O–H groups in total. The lowest BCUT2D eigenvalue weighted by Crippen LogP contribution is -2.58. The van der Waals surface area contributed by atoms with Crippen molar-refractivity contribution in [3.8, 4) is 0 Å². The second-order valence-corrected chi connectivity index (χ2v) is 6.61. The Balaban J connectivity index is 2.01. The third-order valence-electron chi connectivity index (χ3n) is 4.33. The fourth-order valence-electron chi connectivity index (χ4n) is 3.19. The Hall–Kier alpha value is -1.80. The van der Waals surface area contributed by atoms with E-state index in [1.807, 2.05) is 0 Å². The minimum Gasteiger partial charge on any atom is -0.361 e. The maximum Gasteiger partial charge on any atom is 0.0668 e. The van der Waals surface area contributed by atoms with Crippen LogP contribution in [0.25, 0.3) is 0 Å². The molecule has 0 aromatic heterocycles. The summed E-state index contributed by atoms with van der Waals surface area (Å²) in [4.78, 5) is 2.56. The first-order valence-corrected chi connectivity index (χ1v) is 7.69. The highest BCUT2D eigenvalue weighted by atomic mass is 15.3. The molecule has 1 atom stereocenters. The van der Waals surface area contributed by atoms with E-state index in [9.17, 15) is 0 Å². The molecule has 0 aliphatic carbocycles. The van der Waals surface area contributed by atoms with Gasteiger partial charge in [0, 0.05) is 24.3 Å². The number of benzene rings is 2. The smallest absolute Gasteiger partial charge is 0.0668 e. The number of nitrogens with one attached hydrogen (secondary N) is 1. The van der Waals surface area contributed by atoms with E-state index in [4.69, 9.17) is 0 Å². The molecule has 0 saturated carbocycles. The van der Waals surface area contributed by atoms with Crippen molar-refractivity contribution in [3.63, 3.8) is 0 Å². The fourth-order valence-corrected chi connectivity index (χ4v) is 3.19. The van der Waals surface area contributed by atoms with E-state index in [1.54, 1.807) is 0 Å². The molecule has 2 aromatic carbocycles. The lowest BCUT2D eigenvalue weighted by Gasteiger charge is -2.46. The Labute approximate surface area is 127 Å². The van der Waals surface area contributed by atoms with Crippen molar-refractivity contribution in [2.24, 2.45) is 0 Å². The van der Waals surface area contributed by atoms with Crippen LogP contribution in [-0.2, 0) is 0 Å². The van der Waals surface area contributed by atoms with Gasteiger partial charge < -0.3 is 10.2 Å².